The maximum absolute atomic E-state index is 12.1. The molecule has 2 N–H and O–H groups in total. The van der Waals surface area contributed by atoms with Gasteiger partial charge in [-0.3, -0.25) is 4.79 Å². The van der Waals surface area contributed by atoms with Crippen molar-refractivity contribution in [3.05, 3.63) is 29.8 Å². The van der Waals surface area contributed by atoms with E-state index in [1.807, 2.05) is 20.8 Å². The molecule has 0 fully saturated rings. The molecule has 0 aliphatic carbocycles. The van der Waals surface area contributed by atoms with Crippen LogP contribution < -0.4 is 10.0 Å². The van der Waals surface area contributed by atoms with Crippen molar-refractivity contribution >= 4 is 21.9 Å². The summed E-state index contributed by atoms with van der Waals surface area (Å²) in [5.74, 6) is -1.10. The van der Waals surface area contributed by atoms with Crippen molar-refractivity contribution < 1.29 is 22.7 Å². The first kappa shape index (κ1) is 21.1. The summed E-state index contributed by atoms with van der Waals surface area (Å²) in [6.07, 6.45) is -0.960. The van der Waals surface area contributed by atoms with E-state index in [1.54, 1.807) is 13.8 Å². The van der Waals surface area contributed by atoms with E-state index in [1.165, 1.54) is 31.2 Å². The number of ether oxygens (including phenoxy) is 1. The number of esters is 1. The maximum atomic E-state index is 12.1. The number of hydrogen-bond donors (Lipinski definition) is 2. The Morgan fingerprint density at radius 3 is 2.00 bits per heavy atom. The molecular formula is C17H26N2O5S. The van der Waals surface area contributed by atoms with Gasteiger partial charge in [-0.05, 0) is 65.8 Å². The zero-order valence-corrected chi connectivity index (χ0v) is 16.2. The summed E-state index contributed by atoms with van der Waals surface area (Å²) in [5.41, 5.74) is -0.268. The number of benzene rings is 1. The van der Waals surface area contributed by atoms with Crippen LogP contribution in [0.5, 0.6) is 0 Å². The summed E-state index contributed by atoms with van der Waals surface area (Å²) in [6.45, 7) is 10.4. The third-order valence-corrected chi connectivity index (χ3v) is 4.62. The van der Waals surface area contributed by atoms with Crippen LogP contribution in [0.4, 0.5) is 0 Å². The van der Waals surface area contributed by atoms with Crippen molar-refractivity contribution in [3.8, 4) is 0 Å². The van der Waals surface area contributed by atoms with Crippen LogP contribution >= 0.6 is 0 Å². The van der Waals surface area contributed by atoms with Gasteiger partial charge in [-0.2, -0.15) is 0 Å². The van der Waals surface area contributed by atoms with Gasteiger partial charge in [0.2, 0.25) is 10.0 Å². The summed E-state index contributed by atoms with van der Waals surface area (Å²) >= 11 is 0. The third-order valence-electron chi connectivity index (χ3n) is 2.94. The number of carbonyl (C=O) groups excluding carboxylic acids is 2. The van der Waals surface area contributed by atoms with Gasteiger partial charge in [0.25, 0.3) is 5.91 Å². The minimum Gasteiger partial charge on any atom is -0.449 e. The Kier molecular flexibility index (Phi) is 6.73. The molecule has 1 aromatic carbocycles. The highest BCUT2D eigenvalue weighted by Gasteiger charge is 2.23. The van der Waals surface area contributed by atoms with Gasteiger partial charge >= 0.3 is 5.97 Å². The van der Waals surface area contributed by atoms with Crippen LogP contribution in [0, 0.1) is 0 Å². The predicted molar refractivity (Wildman–Crippen MR) is 94.7 cm³/mol. The Balaban J connectivity index is 2.79. The van der Waals surface area contributed by atoms with Crippen LogP contribution in [-0.2, 0) is 19.6 Å². The molecule has 0 aliphatic rings. The highest BCUT2D eigenvalue weighted by Crippen LogP contribution is 2.13. The van der Waals surface area contributed by atoms with Crippen molar-refractivity contribution in [2.75, 3.05) is 0 Å². The van der Waals surface area contributed by atoms with Crippen LogP contribution in [0.15, 0.2) is 29.2 Å². The molecule has 0 radical (unpaired) electrons. The zero-order chi connectivity index (χ0) is 19.4. The monoisotopic (exact) mass is 370 g/mol. The first-order valence-corrected chi connectivity index (χ1v) is 9.45. The minimum absolute atomic E-state index is 0.0521. The van der Waals surface area contributed by atoms with Crippen molar-refractivity contribution in [2.45, 2.75) is 64.1 Å². The molecule has 8 heteroatoms. The number of amides is 1. The standard InChI is InChI=1S/C17H26N2O5S/c1-11(2)19-25(22,23)14-9-7-13(8-10-14)16(21)24-12(3)15(20)18-17(4,5)6/h7-12,19H,1-6H3,(H,18,20). The van der Waals surface area contributed by atoms with Gasteiger partial charge in [-0.15, -0.1) is 0 Å². The Morgan fingerprint density at radius 1 is 1.04 bits per heavy atom. The summed E-state index contributed by atoms with van der Waals surface area (Å²) in [5, 5.41) is 2.72. The number of sulfonamides is 1. The van der Waals surface area contributed by atoms with E-state index in [-0.39, 0.29) is 16.5 Å². The summed E-state index contributed by atoms with van der Waals surface area (Å²) < 4.78 is 31.7. The van der Waals surface area contributed by atoms with E-state index in [2.05, 4.69) is 10.0 Å². The summed E-state index contributed by atoms with van der Waals surface area (Å²) in [7, 11) is -3.63. The lowest BCUT2D eigenvalue weighted by Gasteiger charge is -2.23. The number of rotatable bonds is 6. The van der Waals surface area contributed by atoms with Gasteiger partial charge in [-0.25, -0.2) is 17.9 Å². The van der Waals surface area contributed by atoms with Gasteiger partial charge in [0.1, 0.15) is 0 Å². The molecule has 1 rings (SSSR count). The van der Waals surface area contributed by atoms with E-state index in [9.17, 15) is 18.0 Å². The van der Waals surface area contributed by atoms with Crippen molar-refractivity contribution in [2.24, 2.45) is 0 Å². The molecule has 140 valence electrons. The van der Waals surface area contributed by atoms with Crippen LogP contribution in [-0.4, -0.2) is 38.0 Å². The highest BCUT2D eigenvalue weighted by molar-refractivity contribution is 7.89. The normalized spacial score (nSPS) is 13.4. The summed E-state index contributed by atoms with van der Waals surface area (Å²) in [6, 6.07) is 5.11. The van der Waals surface area contributed by atoms with Gasteiger partial charge in [-0.1, -0.05) is 0 Å². The minimum atomic E-state index is -3.63. The second-order valence-corrected chi connectivity index (χ2v) is 8.80. The second-order valence-electron chi connectivity index (χ2n) is 7.09. The van der Waals surface area contributed by atoms with Gasteiger partial charge in [0, 0.05) is 11.6 Å². The average Bonchev–Trinajstić information content (AvgIpc) is 2.44. The largest absolute Gasteiger partial charge is 0.449 e. The Hall–Kier alpha value is -1.93. The zero-order valence-electron chi connectivity index (χ0n) is 15.4. The lowest BCUT2D eigenvalue weighted by molar-refractivity contribution is -0.130. The quantitative estimate of drug-likeness (QED) is 0.744. The maximum Gasteiger partial charge on any atom is 0.338 e. The first-order chi connectivity index (χ1) is 11.3. The lowest BCUT2D eigenvalue weighted by atomic mass is 10.1. The van der Waals surface area contributed by atoms with Crippen LogP contribution in [0.25, 0.3) is 0 Å². The fourth-order valence-corrected chi connectivity index (χ4v) is 3.15. The number of nitrogens with one attached hydrogen (secondary N) is 2. The predicted octanol–water partition coefficient (Wildman–Crippen LogP) is 1.83. The van der Waals surface area contributed by atoms with Gasteiger partial charge in [0.05, 0.1) is 10.5 Å². The second kappa shape index (κ2) is 7.97. The van der Waals surface area contributed by atoms with E-state index < -0.39 is 33.5 Å². The van der Waals surface area contributed by atoms with Gasteiger partial charge < -0.3 is 10.1 Å². The lowest BCUT2D eigenvalue weighted by Crippen LogP contribution is -2.46. The first-order valence-electron chi connectivity index (χ1n) is 7.97. The topological polar surface area (TPSA) is 102 Å². The molecule has 1 unspecified atom stereocenters. The van der Waals surface area contributed by atoms with Crippen LogP contribution in [0.1, 0.15) is 51.9 Å². The van der Waals surface area contributed by atoms with Crippen LogP contribution in [0.3, 0.4) is 0 Å². The van der Waals surface area contributed by atoms with Crippen molar-refractivity contribution in [3.63, 3.8) is 0 Å². The molecule has 0 spiro atoms. The van der Waals surface area contributed by atoms with E-state index in [4.69, 9.17) is 4.74 Å². The molecule has 0 saturated carbocycles. The SMILES string of the molecule is CC(C)NS(=O)(=O)c1ccc(C(=O)OC(C)C(=O)NC(C)(C)C)cc1. The van der Waals surface area contributed by atoms with Crippen molar-refractivity contribution in [1.29, 1.82) is 0 Å². The Bertz CT molecular complexity index is 718. The molecule has 0 heterocycles. The van der Waals surface area contributed by atoms with E-state index in [0.717, 1.165) is 0 Å². The molecule has 0 aliphatic heterocycles. The molecule has 1 atom stereocenters. The van der Waals surface area contributed by atoms with Crippen LogP contribution in [0.2, 0.25) is 0 Å². The van der Waals surface area contributed by atoms with Gasteiger partial charge in [0.15, 0.2) is 6.10 Å². The number of hydrogen-bond acceptors (Lipinski definition) is 5. The van der Waals surface area contributed by atoms with Crippen molar-refractivity contribution in [1.82, 2.24) is 10.0 Å². The average molecular weight is 370 g/mol. The number of carbonyl (C=O) groups is 2. The molecule has 0 aromatic heterocycles. The molecular weight excluding hydrogens is 344 g/mol. The molecule has 7 nitrogen and oxygen atoms in total. The molecule has 25 heavy (non-hydrogen) atoms. The third kappa shape index (κ3) is 6.83. The van der Waals surface area contributed by atoms with E-state index in [0.29, 0.717) is 0 Å². The smallest absolute Gasteiger partial charge is 0.338 e. The fourth-order valence-electron chi connectivity index (χ4n) is 1.90. The summed E-state index contributed by atoms with van der Waals surface area (Å²) in [4.78, 5) is 24.1. The Morgan fingerprint density at radius 2 is 1.56 bits per heavy atom. The fraction of sp³-hybridized carbons (Fsp3) is 0.529. The highest BCUT2D eigenvalue weighted by atomic mass is 32.2. The molecule has 1 amide bonds. The molecule has 0 saturated heterocycles. The molecule has 0 bridgehead atoms. The Labute approximate surface area is 149 Å². The molecule has 1 aromatic rings. The van der Waals surface area contributed by atoms with E-state index >= 15 is 0 Å².